The molecule has 0 aliphatic carbocycles. The molecule has 1 aliphatic rings. The van der Waals surface area contributed by atoms with E-state index in [2.05, 4.69) is 42.2 Å². The van der Waals surface area contributed by atoms with Crippen molar-refractivity contribution in [1.82, 2.24) is 5.32 Å². The number of halogens is 3. The third-order valence-corrected chi connectivity index (χ3v) is 6.57. The second kappa shape index (κ2) is 10.7. The van der Waals surface area contributed by atoms with Crippen LogP contribution in [0.3, 0.4) is 0 Å². The average Bonchev–Trinajstić information content (AvgIpc) is 3.04. The first-order valence-electron chi connectivity index (χ1n) is 9.10. The number of hydrogen-bond acceptors (Lipinski definition) is 6. The van der Waals surface area contributed by atoms with Crippen molar-refractivity contribution >= 4 is 84.0 Å². The lowest BCUT2D eigenvalue weighted by atomic mass is 10.2. The van der Waals surface area contributed by atoms with Gasteiger partial charge in [0, 0.05) is 5.02 Å². The fourth-order valence-corrected chi connectivity index (χ4v) is 5.05. The standard InChI is InChI=1S/C21H17Br2ClN2O4S/c1-3-29-18(27)10-30-19-13(22)7-12(8-14(19)23)9-17-20(28)26-21(31-17)25-16-6-4-5-15(24)11(16)2/h4-9H,3,10H2,1-2H3,(H,25,26,28)/b17-9+. The van der Waals surface area contributed by atoms with E-state index in [0.717, 1.165) is 11.1 Å². The van der Waals surface area contributed by atoms with Gasteiger partial charge in [-0.3, -0.25) is 4.79 Å². The highest BCUT2D eigenvalue weighted by Gasteiger charge is 2.24. The van der Waals surface area contributed by atoms with E-state index in [9.17, 15) is 9.59 Å². The molecule has 10 heteroatoms. The predicted molar refractivity (Wildman–Crippen MR) is 131 cm³/mol. The van der Waals surface area contributed by atoms with Crippen LogP contribution in [0.25, 0.3) is 6.08 Å². The quantitative estimate of drug-likeness (QED) is 0.331. The highest BCUT2D eigenvalue weighted by atomic mass is 79.9. The van der Waals surface area contributed by atoms with E-state index in [1.807, 2.05) is 19.1 Å². The molecule has 0 atom stereocenters. The second-order valence-electron chi connectivity index (χ2n) is 6.27. The number of thioether (sulfide) groups is 1. The van der Waals surface area contributed by atoms with Crippen molar-refractivity contribution in [2.24, 2.45) is 4.99 Å². The molecular formula is C21H17Br2ClN2O4S. The van der Waals surface area contributed by atoms with E-state index in [4.69, 9.17) is 21.1 Å². The SMILES string of the molecule is CCOC(=O)COc1c(Br)cc(/C=C2/SC(=Nc3cccc(Cl)c3C)NC2=O)cc1Br. The molecule has 1 N–H and O–H groups in total. The number of amides is 1. The van der Waals surface area contributed by atoms with Gasteiger partial charge in [-0.2, -0.15) is 0 Å². The van der Waals surface area contributed by atoms with Crippen LogP contribution in [-0.4, -0.2) is 30.3 Å². The molecule has 1 aliphatic heterocycles. The number of amidine groups is 1. The number of aliphatic imine (C=N–C) groups is 1. The van der Waals surface area contributed by atoms with Crippen molar-refractivity contribution in [3.63, 3.8) is 0 Å². The fraction of sp³-hybridized carbons (Fsp3) is 0.190. The third-order valence-electron chi connectivity index (χ3n) is 4.07. The lowest BCUT2D eigenvalue weighted by Gasteiger charge is -2.11. The Balaban J connectivity index is 1.78. The Morgan fingerprint density at radius 1 is 1.29 bits per heavy atom. The molecule has 2 aromatic carbocycles. The van der Waals surface area contributed by atoms with Gasteiger partial charge in [0.05, 0.1) is 26.1 Å². The first kappa shape index (κ1) is 23.8. The monoisotopic (exact) mass is 586 g/mol. The molecule has 0 unspecified atom stereocenters. The molecule has 3 rings (SSSR count). The second-order valence-corrected chi connectivity index (χ2v) is 9.42. The number of esters is 1. The summed E-state index contributed by atoms with van der Waals surface area (Å²) in [5, 5.41) is 3.87. The van der Waals surface area contributed by atoms with Gasteiger partial charge in [-0.05, 0) is 98.9 Å². The maximum Gasteiger partial charge on any atom is 0.344 e. The Labute approximate surface area is 205 Å². The van der Waals surface area contributed by atoms with Crippen molar-refractivity contribution < 1.29 is 19.1 Å². The van der Waals surface area contributed by atoms with Gasteiger partial charge in [0.1, 0.15) is 5.75 Å². The highest BCUT2D eigenvalue weighted by Crippen LogP contribution is 2.37. The summed E-state index contributed by atoms with van der Waals surface area (Å²) in [5.74, 6) is -0.219. The number of carbonyl (C=O) groups excluding carboxylic acids is 2. The van der Waals surface area contributed by atoms with Gasteiger partial charge in [0.2, 0.25) is 0 Å². The van der Waals surface area contributed by atoms with Crippen LogP contribution >= 0.6 is 55.2 Å². The van der Waals surface area contributed by atoms with E-state index in [-0.39, 0.29) is 12.5 Å². The highest BCUT2D eigenvalue weighted by molar-refractivity contribution is 9.11. The van der Waals surface area contributed by atoms with Gasteiger partial charge in [-0.25, -0.2) is 9.79 Å². The van der Waals surface area contributed by atoms with Crippen molar-refractivity contribution in [1.29, 1.82) is 0 Å². The lowest BCUT2D eigenvalue weighted by molar-refractivity contribution is -0.145. The summed E-state index contributed by atoms with van der Waals surface area (Å²) in [6.45, 7) is 3.70. The number of carbonyl (C=O) groups is 2. The molecule has 1 fully saturated rings. The Bertz CT molecular complexity index is 1080. The molecule has 162 valence electrons. The summed E-state index contributed by atoms with van der Waals surface area (Å²) < 4.78 is 11.7. The number of rotatable bonds is 6. The predicted octanol–water partition coefficient (Wildman–Crippen LogP) is 6.01. The van der Waals surface area contributed by atoms with Crippen LogP contribution in [-0.2, 0) is 14.3 Å². The molecule has 6 nitrogen and oxygen atoms in total. The Kier molecular flexibility index (Phi) is 8.21. The summed E-state index contributed by atoms with van der Waals surface area (Å²) in [6, 6.07) is 9.03. The van der Waals surface area contributed by atoms with E-state index >= 15 is 0 Å². The summed E-state index contributed by atoms with van der Waals surface area (Å²) in [6.07, 6.45) is 1.75. The van der Waals surface area contributed by atoms with Crippen molar-refractivity contribution in [2.75, 3.05) is 13.2 Å². The van der Waals surface area contributed by atoms with Crippen LogP contribution < -0.4 is 10.1 Å². The van der Waals surface area contributed by atoms with E-state index in [1.165, 1.54) is 11.8 Å². The van der Waals surface area contributed by atoms with Crippen LogP contribution in [0.15, 0.2) is 49.2 Å². The molecule has 0 aromatic heterocycles. The normalized spacial score (nSPS) is 16.0. The third kappa shape index (κ3) is 6.12. The van der Waals surface area contributed by atoms with Gasteiger partial charge in [-0.1, -0.05) is 17.7 Å². The topological polar surface area (TPSA) is 77.0 Å². The first-order chi connectivity index (χ1) is 14.8. The smallest absolute Gasteiger partial charge is 0.344 e. The minimum atomic E-state index is -0.451. The minimum Gasteiger partial charge on any atom is -0.480 e. The van der Waals surface area contributed by atoms with Crippen molar-refractivity contribution in [3.8, 4) is 5.75 Å². The zero-order valence-electron chi connectivity index (χ0n) is 16.5. The summed E-state index contributed by atoms with van der Waals surface area (Å²) >= 11 is 14.3. The zero-order chi connectivity index (χ0) is 22.5. The number of hydrogen-bond donors (Lipinski definition) is 1. The minimum absolute atomic E-state index is 0.202. The summed E-state index contributed by atoms with van der Waals surface area (Å²) in [4.78, 5) is 28.9. The van der Waals surface area contributed by atoms with Crippen molar-refractivity contribution in [3.05, 3.63) is 60.3 Å². The maximum absolute atomic E-state index is 12.4. The molecule has 2 aromatic rings. The Hall–Kier alpha value is -1.81. The Morgan fingerprint density at radius 3 is 2.68 bits per heavy atom. The first-order valence-corrected chi connectivity index (χ1v) is 11.9. The van der Waals surface area contributed by atoms with E-state index in [1.54, 1.807) is 31.2 Å². The molecular weight excluding hydrogens is 572 g/mol. The van der Waals surface area contributed by atoms with E-state index < -0.39 is 5.97 Å². The molecule has 0 spiro atoms. The van der Waals surface area contributed by atoms with Crippen molar-refractivity contribution in [2.45, 2.75) is 13.8 Å². The average molecular weight is 589 g/mol. The van der Waals surface area contributed by atoms with Crippen LogP contribution in [0.5, 0.6) is 5.75 Å². The maximum atomic E-state index is 12.4. The molecule has 1 saturated heterocycles. The van der Waals surface area contributed by atoms with Crippen LogP contribution in [0, 0.1) is 6.92 Å². The Morgan fingerprint density at radius 2 is 2.00 bits per heavy atom. The van der Waals surface area contributed by atoms with Crippen LogP contribution in [0.1, 0.15) is 18.1 Å². The number of ether oxygens (including phenoxy) is 2. The number of nitrogens with one attached hydrogen (secondary N) is 1. The number of nitrogens with zero attached hydrogens (tertiary/aromatic N) is 1. The molecule has 1 heterocycles. The largest absolute Gasteiger partial charge is 0.480 e. The van der Waals surface area contributed by atoms with Gasteiger partial charge in [0.25, 0.3) is 5.91 Å². The molecule has 31 heavy (non-hydrogen) atoms. The van der Waals surface area contributed by atoms with Crippen LogP contribution in [0.4, 0.5) is 5.69 Å². The van der Waals surface area contributed by atoms with Crippen LogP contribution in [0.2, 0.25) is 5.02 Å². The van der Waals surface area contributed by atoms with E-state index in [0.29, 0.717) is 42.1 Å². The van der Waals surface area contributed by atoms with Gasteiger partial charge < -0.3 is 14.8 Å². The van der Waals surface area contributed by atoms with Gasteiger partial charge in [-0.15, -0.1) is 0 Å². The molecule has 0 bridgehead atoms. The molecule has 1 amide bonds. The van der Waals surface area contributed by atoms with Gasteiger partial charge >= 0.3 is 5.97 Å². The summed E-state index contributed by atoms with van der Waals surface area (Å²) in [5.41, 5.74) is 2.31. The number of benzene rings is 2. The zero-order valence-corrected chi connectivity index (χ0v) is 21.2. The van der Waals surface area contributed by atoms with Gasteiger partial charge in [0.15, 0.2) is 11.8 Å². The molecule has 0 saturated carbocycles. The molecule has 0 radical (unpaired) electrons. The lowest BCUT2D eigenvalue weighted by Crippen LogP contribution is -2.19. The summed E-state index contributed by atoms with van der Waals surface area (Å²) in [7, 11) is 0. The fourth-order valence-electron chi connectivity index (χ4n) is 2.59.